The number of H-pyrrole nitrogens is 1. The van der Waals surface area contributed by atoms with Crippen molar-refractivity contribution in [2.45, 2.75) is 26.4 Å². The summed E-state index contributed by atoms with van der Waals surface area (Å²) >= 11 is 0. The fourth-order valence-corrected chi connectivity index (χ4v) is 1.15. The molecule has 0 bridgehead atoms. The number of nitrogens with zero attached hydrogens (tertiary/aromatic N) is 2. The first kappa shape index (κ1) is 13.8. The zero-order chi connectivity index (χ0) is 13.6. The van der Waals surface area contributed by atoms with Gasteiger partial charge in [0.05, 0.1) is 6.20 Å². The van der Waals surface area contributed by atoms with E-state index >= 15 is 0 Å². The smallest absolute Gasteiger partial charge is 0.407 e. The second-order valence-corrected chi connectivity index (χ2v) is 4.60. The zero-order valence-electron chi connectivity index (χ0n) is 10.7. The van der Waals surface area contributed by atoms with Gasteiger partial charge >= 0.3 is 6.09 Å². The van der Waals surface area contributed by atoms with Gasteiger partial charge in [0.1, 0.15) is 17.4 Å². The molecule has 2 N–H and O–H groups in total. The maximum absolute atomic E-state index is 11.3. The van der Waals surface area contributed by atoms with E-state index in [1.807, 2.05) is 6.07 Å². The zero-order valence-corrected chi connectivity index (χ0v) is 10.7. The third-order valence-electron chi connectivity index (χ3n) is 1.84. The van der Waals surface area contributed by atoms with Crippen LogP contribution >= 0.6 is 0 Å². The molecule has 0 aliphatic carbocycles. The lowest BCUT2D eigenvalue weighted by Gasteiger charge is -2.19. The summed E-state index contributed by atoms with van der Waals surface area (Å²) in [5.74, 6) is 0. The van der Waals surface area contributed by atoms with Crippen LogP contribution in [-0.2, 0) is 4.74 Å². The van der Waals surface area contributed by atoms with Gasteiger partial charge in [0, 0.05) is 12.1 Å². The molecule has 96 valence electrons. The number of carbonyl (C=O) groups is 1. The minimum Gasteiger partial charge on any atom is -0.444 e. The number of ether oxygens (including phenoxy) is 1. The van der Waals surface area contributed by atoms with Crippen LogP contribution in [0.15, 0.2) is 12.3 Å². The van der Waals surface area contributed by atoms with Gasteiger partial charge in [-0.1, -0.05) is 12.2 Å². The van der Waals surface area contributed by atoms with Gasteiger partial charge in [-0.15, -0.1) is 0 Å². The molecule has 1 aromatic rings. The fourth-order valence-electron chi connectivity index (χ4n) is 1.15. The molecule has 1 heterocycles. The van der Waals surface area contributed by atoms with Crippen LogP contribution in [0, 0.1) is 11.3 Å². The molecule has 0 saturated carbocycles. The van der Waals surface area contributed by atoms with E-state index in [0.29, 0.717) is 17.8 Å². The van der Waals surface area contributed by atoms with Gasteiger partial charge in [0.25, 0.3) is 0 Å². The van der Waals surface area contributed by atoms with Gasteiger partial charge in [-0.05, 0) is 20.8 Å². The molecule has 0 aliphatic heterocycles. The number of aromatic nitrogens is 2. The van der Waals surface area contributed by atoms with E-state index in [9.17, 15) is 4.79 Å². The Hall–Kier alpha value is -2.29. The monoisotopic (exact) mass is 248 g/mol. The number of aromatic amines is 1. The van der Waals surface area contributed by atoms with E-state index in [0.717, 1.165) is 0 Å². The second kappa shape index (κ2) is 5.87. The Labute approximate surface area is 106 Å². The minimum atomic E-state index is -0.508. The Morgan fingerprint density at radius 3 is 3.00 bits per heavy atom. The minimum absolute atomic E-state index is 0.324. The topological polar surface area (TPSA) is 90.8 Å². The molecular formula is C12H16N4O2. The van der Waals surface area contributed by atoms with Crippen molar-refractivity contribution >= 4 is 12.2 Å². The van der Waals surface area contributed by atoms with Crippen LogP contribution < -0.4 is 5.32 Å². The highest BCUT2D eigenvalue weighted by Gasteiger charge is 2.14. The summed E-state index contributed by atoms with van der Waals surface area (Å²) in [6.07, 6.45) is 4.50. The SMILES string of the molecule is CC(C)(C)OC(=O)NCC=Cc1cn[nH]c1C#N. The van der Waals surface area contributed by atoms with Gasteiger partial charge in [-0.3, -0.25) is 5.10 Å². The molecule has 0 radical (unpaired) electrons. The maximum atomic E-state index is 11.3. The molecule has 0 atom stereocenters. The summed E-state index contributed by atoms with van der Waals surface area (Å²) in [5.41, 5.74) is 0.568. The third-order valence-corrected chi connectivity index (χ3v) is 1.84. The van der Waals surface area contributed by atoms with E-state index in [1.165, 1.54) is 0 Å². The normalized spacial score (nSPS) is 11.2. The van der Waals surface area contributed by atoms with Gasteiger partial charge in [0.2, 0.25) is 0 Å². The van der Waals surface area contributed by atoms with Crippen LogP contribution in [0.4, 0.5) is 4.79 Å². The second-order valence-electron chi connectivity index (χ2n) is 4.60. The average molecular weight is 248 g/mol. The Morgan fingerprint density at radius 2 is 2.39 bits per heavy atom. The predicted molar refractivity (Wildman–Crippen MR) is 66.6 cm³/mol. The predicted octanol–water partition coefficient (Wildman–Crippen LogP) is 1.82. The van der Waals surface area contributed by atoms with E-state index in [2.05, 4.69) is 15.5 Å². The van der Waals surface area contributed by atoms with Crippen molar-refractivity contribution in [1.29, 1.82) is 5.26 Å². The Balaban J connectivity index is 2.39. The first-order valence-corrected chi connectivity index (χ1v) is 5.49. The molecule has 0 unspecified atom stereocenters. The first-order valence-electron chi connectivity index (χ1n) is 5.49. The lowest BCUT2D eigenvalue weighted by atomic mass is 10.2. The van der Waals surface area contributed by atoms with Gasteiger partial charge in [-0.2, -0.15) is 10.4 Å². The van der Waals surface area contributed by atoms with Gasteiger partial charge < -0.3 is 10.1 Å². The highest BCUT2D eigenvalue weighted by molar-refractivity contribution is 5.68. The van der Waals surface area contributed by atoms with Crippen molar-refractivity contribution in [3.05, 3.63) is 23.5 Å². The number of nitrogens with one attached hydrogen (secondary N) is 2. The van der Waals surface area contributed by atoms with Crippen molar-refractivity contribution in [3.63, 3.8) is 0 Å². The summed E-state index contributed by atoms with van der Waals surface area (Å²) in [7, 11) is 0. The number of nitriles is 1. The Morgan fingerprint density at radius 1 is 1.67 bits per heavy atom. The first-order chi connectivity index (χ1) is 8.42. The number of rotatable bonds is 3. The summed E-state index contributed by atoms with van der Waals surface area (Å²) in [6.45, 7) is 5.72. The van der Waals surface area contributed by atoms with Crippen LogP contribution in [0.25, 0.3) is 6.08 Å². The van der Waals surface area contributed by atoms with E-state index in [4.69, 9.17) is 10.00 Å². The van der Waals surface area contributed by atoms with Crippen molar-refractivity contribution in [2.75, 3.05) is 6.54 Å². The van der Waals surface area contributed by atoms with Crippen LogP contribution in [-0.4, -0.2) is 28.4 Å². The molecule has 0 saturated heterocycles. The quantitative estimate of drug-likeness (QED) is 0.853. The number of amides is 1. The molecule has 0 aromatic carbocycles. The van der Waals surface area contributed by atoms with Gasteiger partial charge in [0.15, 0.2) is 0 Å². The fraction of sp³-hybridized carbons (Fsp3) is 0.417. The lowest BCUT2D eigenvalue weighted by molar-refractivity contribution is 0.0534. The van der Waals surface area contributed by atoms with Crippen LogP contribution in [0.1, 0.15) is 32.0 Å². The molecule has 18 heavy (non-hydrogen) atoms. The molecule has 6 nitrogen and oxygen atoms in total. The summed E-state index contributed by atoms with van der Waals surface area (Å²) < 4.78 is 5.07. The molecule has 0 spiro atoms. The van der Waals surface area contributed by atoms with Crippen LogP contribution in [0.5, 0.6) is 0 Å². The Kier molecular flexibility index (Phi) is 4.49. The summed E-state index contributed by atoms with van der Waals surface area (Å²) in [4.78, 5) is 11.3. The van der Waals surface area contributed by atoms with Crippen molar-refractivity contribution in [1.82, 2.24) is 15.5 Å². The summed E-state index contributed by atoms with van der Waals surface area (Å²) in [5, 5.41) is 17.6. The maximum Gasteiger partial charge on any atom is 0.407 e. The number of carbonyl (C=O) groups excluding carboxylic acids is 1. The van der Waals surface area contributed by atoms with E-state index in [1.54, 1.807) is 39.1 Å². The van der Waals surface area contributed by atoms with Crippen molar-refractivity contribution in [2.24, 2.45) is 0 Å². The van der Waals surface area contributed by atoms with Gasteiger partial charge in [-0.25, -0.2) is 4.79 Å². The van der Waals surface area contributed by atoms with Crippen molar-refractivity contribution in [3.8, 4) is 6.07 Å². The third kappa shape index (κ3) is 4.70. The summed E-state index contributed by atoms with van der Waals surface area (Å²) in [6, 6.07) is 1.97. The molecule has 0 fully saturated rings. The average Bonchev–Trinajstić information content (AvgIpc) is 2.69. The van der Waals surface area contributed by atoms with Crippen LogP contribution in [0.3, 0.4) is 0 Å². The molecule has 1 amide bonds. The molecule has 0 aliphatic rings. The van der Waals surface area contributed by atoms with E-state index in [-0.39, 0.29) is 0 Å². The highest BCUT2D eigenvalue weighted by atomic mass is 16.6. The molecule has 1 aromatic heterocycles. The Bertz CT molecular complexity index is 477. The largest absolute Gasteiger partial charge is 0.444 e. The number of hydrogen-bond acceptors (Lipinski definition) is 4. The molecule has 1 rings (SSSR count). The van der Waals surface area contributed by atoms with Crippen molar-refractivity contribution < 1.29 is 9.53 Å². The number of alkyl carbamates (subject to hydrolysis) is 1. The van der Waals surface area contributed by atoms with Crippen LogP contribution in [0.2, 0.25) is 0 Å². The highest BCUT2D eigenvalue weighted by Crippen LogP contribution is 2.06. The standard InChI is InChI=1S/C12H16N4O2/c1-12(2,3)18-11(17)14-6-4-5-9-8-15-16-10(9)7-13/h4-5,8H,6H2,1-3H3,(H,14,17)(H,15,16). The lowest BCUT2D eigenvalue weighted by Crippen LogP contribution is -2.32. The molecular weight excluding hydrogens is 232 g/mol. The van der Waals surface area contributed by atoms with E-state index < -0.39 is 11.7 Å². The molecule has 6 heteroatoms. The number of hydrogen-bond donors (Lipinski definition) is 2.